The Labute approximate surface area is 89.1 Å². The quantitative estimate of drug-likeness (QED) is 0.637. The van der Waals surface area contributed by atoms with E-state index in [1.807, 2.05) is 0 Å². The third-order valence-corrected chi connectivity index (χ3v) is 1.91. The van der Waals surface area contributed by atoms with Gasteiger partial charge in [0.25, 0.3) is 5.91 Å². The summed E-state index contributed by atoms with van der Waals surface area (Å²) in [6.45, 7) is 0. The Balaban J connectivity index is 3.07. The molecule has 0 aliphatic carbocycles. The van der Waals surface area contributed by atoms with Crippen molar-refractivity contribution >= 4 is 27.8 Å². The first-order chi connectivity index (χ1) is 6.66. The fraction of sp³-hybridized carbons (Fsp3) is 0.111. The van der Waals surface area contributed by atoms with E-state index in [1.165, 1.54) is 12.1 Å². The van der Waals surface area contributed by atoms with Crippen LogP contribution >= 0.6 is 15.9 Å². The summed E-state index contributed by atoms with van der Waals surface area (Å²) in [6, 6.07) is 6.07. The number of carboxylic acids is 1. The maximum Gasteiger partial charge on any atom is 0.336 e. The predicted molar refractivity (Wildman–Crippen MR) is 54.7 cm³/mol. The highest BCUT2D eigenvalue weighted by Crippen LogP contribution is 2.08. The van der Waals surface area contributed by atoms with Gasteiger partial charge >= 0.3 is 5.97 Å². The molecule has 4 nitrogen and oxygen atoms in total. The topological polar surface area (TPSA) is 66.4 Å². The van der Waals surface area contributed by atoms with Crippen LogP contribution in [0.25, 0.3) is 0 Å². The predicted octanol–water partition coefficient (Wildman–Crippen LogP) is 1.47. The average Bonchev–Trinajstić information content (AvgIpc) is 2.18. The smallest absolute Gasteiger partial charge is 0.336 e. The van der Waals surface area contributed by atoms with Gasteiger partial charge in [0.15, 0.2) is 0 Å². The number of carbonyl (C=O) groups excluding carboxylic acids is 1. The minimum atomic E-state index is -1.11. The van der Waals surface area contributed by atoms with Crippen LogP contribution in [0.2, 0.25) is 0 Å². The van der Waals surface area contributed by atoms with Crippen molar-refractivity contribution in [2.24, 2.45) is 0 Å². The molecule has 5 heteroatoms. The van der Waals surface area contributed by atoms with Crippen molar-refractivity contribution in [1.82, 2.24) is 5.32 Å². The number of amides is 1. The number of rotatable bonds is 3. The summed E-state index contributed by atoms with van der Waals surface area (Å²) in [7, 11) is 0. The first kappa shape index (κ1) is 10.7. The summed E-state index contributed by atoms with van der Waals surface area (Å²) in [5, 5.41) is 11.3. The molecule has 0 bridgehead atoms. The van der Waals surface area contributed by atoms with Crippen molar-refractivity contribution in [1.29, 1.82) is 0 Å². The Hall–Kier alpha value is -1.36. The van der Waals surface area contributed by atoms with Gasteiger partial charge in [-0.1, -0.05) is 28.1 Å². The molecule has 74 valence electrons. The number of benzene rings is 1. The molecular weight excluding hydrogens is 250 g/mol. The van der Waals surface area contributed by atoms with Gasteiger partial charge < -0.3 is 10.4 Å². The lowest BCUT2D eigenvalue weighted by Gasteiger charge is -2.04. The van der Waals surface area contributed by atoms with Crippen LogP contribution in [0.5, 0.6) is 0 Å². The zero-order valence-corrected chi connectivity index (χ0v) is 8.74. The molecule has 2 N–H and O–H groups in total. The van der Waals surface area contributed by atoms with Gasteiger partial charge in [-0.05, 0) is 12.1 Å². The number of aromatic carboxylic acids is 1. The maximum absolute atomic E-state index is 11.4. The van der Waals surface area contributed by atoms with E-state index in [2.05, 4.69) is 21.2 Å². The molecule has 0 aromatic heterocycles. The number of nitrogens with one attached hydrogen (secondary N) is 1. The van der Waals surface area contributed by atoms with Gasteiger partial charge in [0.05, 0.1) is 16.6 Å². The molecule has 0 saturated carbocycles. The standard InChI is InChI=1S/C9H8BrNO3/c10-5-11-8(12)6-3-1-2-4-7(6)9(13)14/h1-4H,5H2,(H,11,12)(H,13,14). The van der Waals surface area contributed by atoms with E-state index in [0.29, 0.717) is 5.45 Å². The van der Waals surface area contributed by atoms with Gasteiger partial charge in [0.2, 0.25) is 0 Å². The van der Waals surface area contributed by atoms with Crippen LogP contribution in [0.1, 0.15) is 20.7 Å². The van der Waals surface area contributed by atoms with Gasteiger partial charge in [0, 0.05) is 0 Å². The normalized spacial score (nSPS) is 9.50. The molecule has 0 aliphatic rings. The molecule has 0 radical (unpaired) electrons. The second kappa shape index (κ2) is 4.76. The second-order valence-corrected chi connectivity index (χ2v) is 3.05. The van der Waals surface area contributed by atoms with Crippen molar-refractivity contribution in [2.75, 3.05) is 5.45 Å². The first-order valence-electron chi connectivity index (χ1n) is 3.83. The van der Waals surface area contributed by atoms with Crippen LogP contribution in [0, 0.1) is 0 Å². The van der Waals surface area contributed by atoms with Crippen LogP contribution in [0.15, 0.2) is 24.3 Å². The van der Waals surface area contributed by atoms with E-state index < -0.39 is 11.9 Å². The summed E-state index contributed by atoms with van der Waals surface area (Å²) < 4.78 is 0. The Morgan fingerprint density at radius 3 is 2.36 bits per heavy atom. The first-order valence-corrected chi connectivity index (χ1v) is 4.95. The molecular formula is C9H8BrNO3. The third-order valence-electron chi connectivity index (χ3n) is 1.63. The molecule has 1 aromatic carbocycles. The summed E-state index contributed by atoms with van der Waals surface area (Å²) in [4.78, 5) is 22.1. The molecule has 0 spiro atoms. The van der Waals surface area contributed by atoms with Crippen LogP contribution < -0.4 is 5.32 Å². The minimum Gasteiger partial charge on any atom is -0.478 e. The molecule has 1 aromatic rings. The number of carboxylic acid groups (broad SMARTS) is 1. The summed E-state index contributed by atoms with van der Waals surface area (Å²) in [6.07, 6.45) is 0. The monoisotopic (exact) mass is 257 g/mol. The molecule has 0 unspecified atom stereocenters. The lowest BCUT2D eigenvalue weighted by atomic mass is 10.1. The SMILES string of the molecule is O=C(O)c1ccccc1C(=O)NCBr. The summed E-state index contributed by atoms with van der Waals surface area (Å²) >= 11 is 3.03. The number of hydrogen-bond acceptors (Lipinski definition) is 2. The zero-order chi connectivity index (χ0) is 10.6. The highest BCUT2D eigenvalue weighted by atomic mass is 79.9. The van der Waals surface area contributed by atoms with Crippen molar-refractivity contribution in [3.05, 3.63) is 35.4 Å². The number of halogens is 1. The number of alkyl halides is 1. The van der Waals surface area contributed by atoms with Crippen molar-refractivity contribution < 1.29 is 14.7 Å². The number of hydrogen-bond donors (Lipinski definition) is 2. The Kier molecular flexibility index (Phi) is 3.64. The van der Waals surface area contributed by atoms with Crippen LogP contribution in [0.3, 0.4) is 0 Å². The Bertz CT molecular complexity index is 365. The van der Waals surface area contributed by atoms with E-state index in [1.54, 1.807) is 12.1 Å². The van der Waals surface area contributed by atoms with E-state index >= 15 is 0 Å². The van der Waals surface area contributed by atoms with E-state index in [-0.39, 0.29) is 11.1 Å². The van der Waals surface area contributed by atoms with Crippen molar-refractivity contribution in [3.8, 4) is 0 Å². The number of carbonyl (C=O) groups is 2. The highest BCUT2D eigenvalue weighted by molar-refractivity contribution is 9.09. The van der Waals surface area contributed by atoms with Crippen LogP contribution in [0.4, 0.5) is 0 Å². The molecule has 0 saturated heterocycles. The summed E-state index contributed by atoms with van der Waals surface area (Å²) in [5.41, 5.74) is 0.463. The van der Waals surface area contributed by atoms with Crippen LogP contribution in [-0.4, -0.2) is 22.4 Å². The second-order valence-electron chi connectivity index (χ2n) is 2.49. The molecule has 1 rings (SSSR count). The Morgan fingerprint density at radius 1 is 1.29 bits per heavy atom. The lowest BCUT2D eigenvalue weighted by molar-refractivity contribution is 0.0691. The van der Waals surface area contributed by atoms with Gasteiger partial charge in [-0.3, -0.25) is 4.79 Å². The third kappa shape index (κ3) is 2.32. The highest BCUT2D eigenvalue weighted by Gasteiger charge is 2.14. The fourth-order valence-electron chi connectivity index (χ4n) is 1.02. The molecule has 0 heterocycles. The molecule has 0 fully saturated rings. The molecule has 0 aliphatic heterocycles. The maximum atomic E-state index is 11.4. The van der Waals surface area contributed by atoms with Crippen LogP contribution in [-0.2, 0) is 0 Å². The minimum absolute atomic E-state index is 0.00551. The lowest BCUT2D eigenvalue weighted by Crippen LogP contribution is -2.23. The zero-order valence-electron chi connectivity index (χ0n) is 7.16. The van der Waals surface area contributed by atoms with E-state index in [0.717, 1.165) is 0 Å². The molecule has 0 atom stereocenters. The van der Waals surface area contributed by atoms with Gasteiger partial charge in [-0.2, -0.15) is 0 Å². The summed E-state index contributed by atoms with van der Waals surface area (Å²) in [5.74, 6) is -1.51. The Morgan fingerprint density at radius 2 is 1.86 bits per heavy atom. The van der Waals surface area contributed by atoms with Crippen molar-refractivity contribution in [2.45, 2.75) is 0 Å². The van der Waals surface area contributed by atoms with Gasteiger partial charge in [-0.15, -0.1) is 0 Å². The van der Waals surface area contributed by atoms with Gasteiger partial charge in [-0.25, -0.2) is 4.79 Å². The van der Waals surface area contributed by atoms with E-state index in [4.69, 9.17) is 5.11 Å². The van der Waals surface area contributed by atoms with E-state index in [9.17, 15) is 9.59 Å². The molecule has 14 heavy (non-hydrogen) atoms. The van der Waals surface area contributed by atoms with Crippen molar-refractivity contribution in [3.63, 3.8) is 0 Å². The average molecular weight is 258 g/mol. The fourth-order valence-corrected chi connectivity index (χ4v) is 1.28. The van der Waals surface area contributed by atoms with Gasteiger partial charge in [0.1, 0.15) is 0 Å². The largest absolute Gasteiger partial charge is 0.478 e. The molecule has 1 amide bonds.